The van der Waals surface area contributed by atoms with Crippen LogP contribution in [-0.2, 0) is 9.53 Å². The van der Waals surface area contributed by atoms with Crippen molar-refractivity contribution >= 4 is 11.9 Å². The number of carbonyl (C=O) groups is 2. The van der Waals surface area contributed by atoms with E-state index < -0.39 is 18.0 Å². The molecule has 0 radical (unpaired) electrons. The lowest BCUT2D eigenvalue weighted by Gasteiger charge is -2.12. The summed E-state index contributed by atoms with van der Waals surface area (Å²) in [5, 5.41) is 0. The van der Waals surface area contributed by atoms with Crippen LogP contribution >= 0.6 is 0 Å². The number of hydrogen-bond donors (Lipinski definition) is 1. The molecule has 1 rings (SSSR count). The molecule has 0 fully saturated rings. The first-order chi connectivity index (χ1) is 10.5. The first-order valence-corrected chi connectivity index (χ1v) is 7.32. The number of nitrogens with two attached hydrogens (primary N) is 1. The Hall–Kier alpha value is -2.08. The van der Waals surface area contributed by atoms with Crippen LogP contribution in [0.25, 0.3) is 0 Å². The Balaban J connectivity index is 2.75. The predicted octanol–water partition coefficient (Wildman–Crippen LogP) is 2.29. The molecule has 1 unspecified atom stereocenters. The fourth-order valence-electron chi connectivity index (χ4n) is 1.68. The minimum absolute atomic E-state index is 0.215. The molecule has 0 aliphatic rings. The average Bonchev–Trinajstić information content (AvgIpc) is 2.51. The summed E-state index contributed by atoms with van der Waals surface area (Å²) in [6.45, 7) is 3.99. The van der Waals surface area contributed by atoms with E-state index in [1.165, 1.54) is 32.2 Å². The number of benzene rings is 1. The Kier molecular flexibility index (Phi) is 7.39. The highest BCUT2D eigenvalue weighted by Crippen LogP contribution is 2.28. The fourth-order valence-corrected chi connectivity index (χ4v) is 1.68. The molecule has 0 spiro atoms. The molecule has 6 heteroatoms. The van der Waals surface area contributed by atoms with Crippen LogP contribution in [0.5, 0.6) is 11.5 Å². The van der Waals surface area contributed by atoms with E-state index in [2.05, 4.69) is 6.92 Å². The Morgan fingerprint density at radius 2 is 1.95 bits per heavy atom. The summed E-state index contributed by atoms with van der Waals surface area (Å²) in [6, 6.07) is 3.75. The maximum atomic E-state index is 11.9. The minimum Gasteiger partial charge on any atom is -0.493 e. The molecule has 6 nitrogen and oxygen atoms in total. The monoisotopic (exact) mass is 309 g/mol. The van der Waals surface area contributed by atoms with E-state index in [1.54, 1.807) is 0 Å². The summed E-state index contributed by atoms with van der Waals surface area (Å²) in [5.74, 6) is -0.517. The van der Waals surface area contributed by atoms with Crippen LogP contribution in [0.1, 0.15) is 43.5 Å². The highest BCUT2D eigenvalue weighted by atomic mass is 16.6. The molecule has 0 amide bonds. The Morgan fingerprint density at radius 3 is 2.55 bits per heavy atom. The van der Waals surface area contributed by atoms with Gasteiger partial charge in [-0.2, -0.15) is 0 Å². The third-order valence-electron chi connectivity index (χ3n) is 2.96. The molecule has 1 aromatic rings. The molecule has 1 aromatic carbocycles. The van der Waals surface area contributed by atoms with Gasteiger partial charge in [-0.05, 0) is 31.5 Å². The number of hydrogen-bond acceptors (Lipinski definition) is 6. The maximum absolute atomic E-state index is 11.9. The van der Waals surface area contributed by atoms with Crippen molar-refractivity contribution in [2.45, 2.75) is 39.2 Å². The normalized spacial score (nSPS) is 11.6. The largest absolute Gasteiger partial charge is 0.493 e. The van der Waals surface area contributed by atoms with Crippen molar-refractivity contribution in [2.24, 2.45) is 5.73 Å². The molecular weight excluding hydrogens is 286 g/mol. The number of ether oxygens (including phenoxy) is 3. The molecular formula is C16H23NO5. The van der Waals surface area contributed by atoms with Crippen molar-refractivity contribution in [2.75, 3.05) is 13.7 Å². The summed E-state index contributed by atoms with van der Waals surface area (Å²) in [5.41, 5.74) is 5.79. The summed E-state index contributed by atoms with van der Waals surface area (Å²) < 4.78 is 15.4. The van der Waals surface area contributed by atoms with Crippen LogP contribution in [0.15, 0.2) is 18.2 Å². The van der Waals surface area contributed by atoms with Crippen molar-refractivity contribution in [3.8, 4) is 11.5 Å². The summed E-state index contributed by atoms with van der Waals surface area (Å²) >= 11 is 0. The second kappa shape index (κ2) is 9.04. The first-order valence-electron chi connectivity index (χ1n) is 7.32. The van der Waals surface area contributed by atoms with Gasteiger partial charge in [-0.25, -0.2) is 9.59 Å². The van der Waals surface area contributed by atoms with Crippen LogP contribution in [-0.4, -0.2) is 31.7 Å². The highest BCUT2D eigenvalue weighted by molar-refractivity contribution is 5.90. The number of carbonyl (C=O) groups excluding carboxylic acids is 2. The first kappa shape index (κ1) is 18.0. The topological polar surface area (TPSA) is 87.9 Å². The molecule has 1 atom stereocenters. The van der Waals surface area contributed by atoms with Gasteiger partial charge in [0.1, 0.15) is 6.04 Å². The van der Waals surface area contributed by atoms with Gasteiger partial charge >= 0.3 is 11.9 Å². The van der Waals surface area contributed by atoms with E-state index in [-0.39, 0.29) is 11.5 Å². The third kappa shape index (κ3) is 5.37. The van der Waals surface area contributed by atoms with Crippen molar-refractivity contribution < 1.29 is 23.8 Å². The van der Waals surface area contributed by atoms with E-state index in [0.717, 1.165) is 19.3 Å². The Bertz CT molecular complexity index is 513. The van der Waals surface area contributed by atoms with Gasteiger partial charge in [0.25, 0.3) is 0 Å². The van der Waals surface area contributed by atoms with Crippen LogP contribution < -0.4 is 15.2 Å². The molecule has 0 heterocycles. The van der Waals surface area contributed by atoms with E-state index in [9.17, 15) is 9.59 Å². The molecule has 0 aliphatic heterocycles. The number of methoxy groups -OCH3 is 1. The molecule has 122 valence electrons. The highest BCUT2D eigenvalue weighted by Gasteiger charge is 2.16. The zero-order valence-corrected chi connectivity index (χ0v) is 13.3. The van der Waals surface area contributed by atoms with Gasteiger partial charge in [-0.3, -0.25) is 0 Å². The molecule has 2 N–H and O–H groups in total. The lowest BCUT2D eigenvalue weighted by molar-refractivity contribution is -0.135. The summed E-state index contributed by atoms with van der Waals surface area (Å²) in [7, 11) is 1.43. The predicted molar refractivity (Wildman–Crippen MR) is 82.1 cm³/mol. The zero-order chi connectivity index (χ0) is 16.5. The van der Waals surface area contributed by atoms with Gasteiger partial charge in [0.05, 0.1) is 19.3 Å². The second-order valence-corrected chi connectivity index (χ2v) is 4.92. The molecule has 0 aliphatic carbocycles. The van der Waals surface area contributed by atoms with Crippen molar-refractivity contribution in [1.82, 2.24) is 0 Å². The second-order valence-electron chi connectivity index (χ2n) is 4.92. The summed E-state index contributed by atoms with van der Waals surface area (Å²) in [4.78, 5) is 23.4. The lowest BCUT2D eigenvalue weighted by atomic mass is 10.2. The summed E-state index contributed by atoms with van der Waals surface area (Å²) in [6.07, 6.45) is 2.91. The van der Waals surface area contributed by atoms with E-state index >= 15 is 0 Å². The standard InChI is InChI=1S/C16H23NO5/c1-4-5-6-9-21-16(19)12-7-8-13(14(10-12)20-3)22-15(18)11(2)17/h7-8,10-11H,4-6,9,17H2,1-3H3. The van der Waals surface area contributed by atoms with Gasteiger partial charge in [0, 0.05) is 0 Å². The molecule has 0 bridgehead atoms. The quantitative estimate of drug-likeness (QED) is 0.450. The van der Waals surface area contributed by atoms with Crippen molar-refractivity contribution in [3.63, 3.8) is 0 Å². The van der Waals surface area contributed by atoms with E-state index in [4.69, 9.17) is 19.9 Å². The van der Waals surface area contributed by atoms with Crippen LogP contribution in [0.3, 0.4) is 0 Å². The maximum Gasteiger partial charge on any atom is 0.338 e. The molecule has 0 saturated heterocycles. The minimum atomic E-state index is -0.743. The van der Waals surface area contributed by atoms with E-state index in [1.807, 2.05) is 0 Å². The van der Waals surface area contributed by atoms with Crippen molar-refractivity contribution in [1.29, 1.82) is 0 Å². The van der Waals surface area contributed by atoms with Crippen molar-refractivity contribution in [3.05, 3.63) is 23.8 Å². The van der Waals surface area contributed by atoms with Crippen LogP contribution in [0.4, 0.5) is 0 Å². The molecule has 22 heavy (non-hydrogen) atoms. The zero-order valence-electron chi connectivity index (χ0n) is 13.3. The molecule has 0 saturated carbocycles. The average molecular weight is 309 g/mol. The molecule has 0 aromatic heterocycles. The SMILES string of the molecule is CCCCCOC(=O)c1ccc(OC(=O)C(C)N)c(OC)c1. The van der Waals surface area contributed by atoms with Crippen LogP contribution in [0.2, 0.25) is 0 Å². The van der Waals surface area contributed by atoms with Gasteiger partial charge < -0.3 is 19.9 Å². The van der Waals surface area contributed by atoms with Gasteiger partial charge in [0.15, 0.2) is 11.5 Å². The number of esters is 2. The lowest BCUT2D eigenvalue weighted by Crippen LogP contribution is -2.31. The smallest absolute Gasteiger partial charge is 0.338 e. The van der Waals surface area contributed by atoms with Crippen LogP contribution in [0, 0.1) is 0 Å². The van der Waals surface area contributed by atoms with Gasteiger partial charge in [-0.1, -0.05) is 19.8 Å². The van der Waals surface area contributed by atoms with Gasteiger partial charge in [0.2, 0.25) is 0 Å². The number of rotatable bonds is 8. The Labute approximate surface area is 130 Å². The fraction of sp³-hybridized carbons (Fsp3) is 0.500. The Morgan fingerprint density at radius 1 is 1.23 bits per heavy atom. The van der Waals surface area contributed by atoms with E-state index in [0.29, 0.717) is 12.2 Å². The van der Waals surface area contributed by atoms with Gasteiger partial charge in [-0.15, -0.1) is 0 Å². The number of unbranched alkanes of at least 4 members (excludes halogenated alkanes) is 2. The third-order valence-corrected chi connectivity index (χ3v) is 2.96.